The van der Waals surface area contributed by atoms with Gasteiger partial charge in [-0.3, -0.25) is 4.79 Å². The number of piperidine rings is 1. The first kappa shape index (κ1) is 22.6. The molecule has 2 aromatic carbocycles. The summed E-state index contributed by atoms with van der Waals surface area (Å²) in [6.07, 6.45) is 2.71. The van der Waals surface area contributed by atoms with E-state index in [1.54, 1.807) is 31.2 Å². The third-order valence-electron chi connectivity index (χ3n) is 5.56. The largest absolute Gasteiger partial charge is 0.492 e. The molecule has 3 aromatic rings. The summed E-state index contributed by atoms with van der Waals surface area (Å²) in [5, 5.41) is 4.06. The number of anilines is 1. The molecule has 0 aliphatic carbocycles. The Balaban J connectivity index is 1.68. The molecular weight excluding hydrogens is 452 g/mol. The first-order valence-electron chi connectivity index (χ1n) is 10.6. The summed E-state index contributed by atoms with van der Waals surface area (Å²) in [6, 6.07) is 9.67. The van der Waals surface area contributed by atoms with Crippen molar-refractivity contribution >= 4 is 44.2 Å². The van der Waals surface area contributed by atoms with E-state index in [2.05, 4.69) is 5.32 Å². The van der Waals surface area contributed by atoms with Crippen LogP contribution in [0.2, 0.25) is 5.02 Å². The molecule has 2 heterocycles. The highest BCUT2D eigenvalue weighted by atomic mass is 35.5. The minimum absolute atomic E-state index is 0.117. The second kappa shape index (κ2) is 9.13. The van der Waals surface area contributed by atoms with Gasteiger partial charge in [0.15, 0.2) is 5.76 Å². The number of nitrogens with one attached hydrogen (secondary N) is 1. The maximum Gasteiger partial charge on any atom is 0.291 e. The van der Waals surface area contributed by atoms with Gasteiger partial charge in [-0.25, -0.2) is 8.42 Å². The Bertz CT molecular complexity index is 1260. The van der Waals surface area contributed by atoms with Crippen molar-refractivity contribution in [3.8, 4) is 5.75 Å². The number of aryl methyl sites for hydroxylation is 1. The molecule has 4 rings (SSSR count). The number of furan rings is 1. The molecule has 170 valence electrons. The number of halogens is 1. The third-order valence-corrected chi connectivity index (χ3v) is 7.69. The van der Waals surface area contributed by atoms with Crippen LogP contribution in [0, 0.1) is 6.92 Å². The van der Waals surface area contributed by atoms with Gasteiger partial charge in [0.2, 0.25) is 10.0 Å². The monoisotopic (exact) mass is 476 g/mol. The predicted octanol–water partition coefficient (Wildman–Crippen LogP) is 5.22. The molecule has 1 amide bonds. The van der Waals surface area contributed by atoms with Gasteiger partial charge in [0.1, 0.15) is 11.3 Å². The Morgan fingerprint density at radius 2 is 1.91 bits per heavy atom. The summed E-state index contributed by atoms with van der Waals surface area (Å²) in [5.41, 5.74) is 1.46. The molecule has 9 heteroatoms. The summed E-state index contributed by atoms with van der Waals surface area (Å²) in [4.78, 5) is 13.2. The lowest BCUT2D eigenvalue weighted by Gasteiger charge is -2.26. The van der Waals surface area contributed by atoms with Crippen LogP contribution in [0.1, 0.15) is 42.3 Å². The summed E-state index contributed by atoms with van der Waals surface area (Å²) in [5.74, 6) is 0.0209. The first-order chi connectivity index (χ1) is 15.3. The van der Waals surface area contributed by atoms with Crippen LogP contribution in [-0.2, 0) is 10.0 Å². The Kier molecular flexibility index (Phi) is 6.46. The Labute approximate surface area is 192 Å². The van der Waals surface area contributed by atoms with E-state index in [1.807, 2.05) is 6.92 Å². The van der Waals surface area contributed by atoms with E-state index in [0.29, 0.717) is 41.6 Å². The number of carbonyl (C=O) groups is 1. The van der Waals surface area contributed by atoms with E-state index in [1.165, 1.54) is 16.4 Å². The molecule has 7 nitrogen and oxygen atoms in total. The van der Waals surface area contributed by atoms with E-state index in [9.17, 15) is 13.2 Å². The highest BCUT2D eigenvalue weighted by Crippen LogP contribution is 2.32. The molecule has 32 heavy (non-hydrogen) atoms. The van der Waals surface area contributed by atoms with Gasteiger partial charge >= 0.3 is 0 Å². The number of hydrogen-bond donors (Lipinski definition) is 1. The van der Waals surface area contributed by atoms with Crippen LogP contribution < -0.4 is 10.1 Å². The number of ether oxygens (including phenoxy) is 1. The average molecular weight is 477 g/mol. The van der Waals surface area contributed by atoms with E-state index in [-0.39, 0.29) is 16.3 Å². The fourth-order valence-electron chi connectivity index (χ4n) is 3.89. The summed E-state index contributed by atoms with van der Waals surface area (Å²) >= 11 is 6.07. The number of carbonyl (C=O) groups excluding carboxylic acids is 1. The van der Waals surface area contributed by atoms with Gasteiger partial charge in [-0.15, -0.1) is 0 Å². The third kappa shape index (κ3) is 4.35. The molecule has 1 aliphatic heterocycles. The van der Waals surface area contributed by atoms with Crippen molar-refractivity contribution in [1.29, 1.82) is 0 Å². The first-order valence-corrected chi connectivity index (χ1v) is 12.4. The number of fused-ring (bicyclic) bond motifs is 1. The smallest absolute Gasteiger partial charge is 0.291 e. The fourth-order valence-corrected chi connectivity index (χ4v) is 5.61. The Hall–Kier alpha value is -2.55. The molecule has 1 saturated heterocycles. The average Bonchev–Trinajstić information content (AvgIpc) is 3.11. The molecule has 1 fully saturated rings. The van der Waals surface area contributed by atoms with Crippen molar-refractivity contribution in [2.45, 2.75) is 38.0 Å². The lowest BCUT2D eigenvalue weighted by Crippen LogP contribution is -2.35. The maximum atomic E-state index is 13.1. The van der Waals surface area contributed by atoms with E-state index in [4.69, 9.17) is 20.8 Å². The number of nitrogens with zero attached hydrogens (tertiary/aromatic N) is 1. The molecule has 0 radical (unpaired) electrons. The molecule has 0 unspecified atom stereocenters. The Morgan fingerprint density at radius 3 is 2.62 bits per heavy atom. The van der Waals surface area contributed by atoms with E-state index in [0.717, 1.165) is 24.6 Å². The summed E-state index contributed by atoms with van der Waals surface area (Å²) in [6.45, 7) is 4.95. The maximum absolute atomic E-state index is 13.1. The number of hydrogen-bond acceptors (Lipinski definition) is 5. The van der Waals surface area contributed by atoms with Crippen LogP contribution in [0.25, 0.3) is 11.0 Å². The van der Waals surface area contributed by atoms with Crippen molar-refractivity contribution in [2.24, 2.45) is 0 Å². The van der Waals surface area contributed by atoms with E-state index >= 15 is 0 Å². The zero-order valence-electron chi connectivity index (χ0n) is 18.0. The number of benzene rings is 2. The zero-order chi connectivity index (χ0) is 22.9. The second-order valence-electron chi connectivity index (χ2n) is 7.71. The topological polar surface area (TPSA) is 88.9 Å². The lowest BCUT2D eigenvalue weighted by molar-refractivity contribution is 0.0997. The van der Waals surface area contributed by atoms with Gasteiger partial charge in [0, 0.05) is 29.1 Å². The van der Waals surface area contributed by atoms with Crippen molar-refractivity contribution < 1.29 is 22.4 Å². The van der Waals surface area contributed by atoms with Crippen LogP contribution in [0.5, 0.6) is 5.75 Å². The predicted molar refractivity (Wildman–Crippen MR) is 124 cm³/mol. The molecule has 0 saturated carbocycles. The van der Waals surface area contributed by atoms with Gasteiger partial charge in [-0.1, -0.05) is 18.0 Å². The van der Waals surface area contributed by atoms with Crippen LogP contribution in [0.15, 0.2) is 45.7 Å². The van der Waals surface area contributed by atoms with Gasteiger partial charge in [-0.05, 0) is 63.1 Å². The molecule has 0 atom stereocenters. The van der Waals surface area contributed by atoms with Gasteiger partial charge < -0.3 is 14.5 Å². The van der Waals surface area contributed by atoms with Crippen molar-refractivity contribution in [1.82, 2.24) is 4.31 Å². The van der Waals surface area contributed by atoms with Crippen molar-refractivity contribution in [3.05, 3.63) is 52.7 Å². The zero-order valence-corrected chi connectivity index (χ0v) is 19.6. The number of sulfonamides is 1. The SMILES string of the molecule is CCOc1ccc(S(=O)(=O)N2CCCCC2)cc1NC(=O)c1oc2ccc(Cl)cc2c1C. The lowest BCUT2D eigenvalue weighted by atomic mass is 10.1. The minimum atomic E-state index is -3.66. The molecule has 0 bridgehead atoms. The molecule has 1 aromatic heterocycles. The summed E-state index contributed by atoms with van der Waals surface area (Å²) in [7, 11) is -3.66. The molecular formula is C23H25ClN2O5S. The quantitative estimate of drug-likeness (QED) is 0.526. The van der Waals surface area contributed by atoms with Gasteiger partial charge in [0.05, 0.1) is 17.2 Å². The van der Waals surface area contributed by atoms with Crippen LogP contribution in [0.3, 0.4) is 0 Å². The molecule has 0 spiro atoms. The number of amides is 1. The van der Waals surface area contributed by atoms with Gasteiger partial charge in [-0.2, -0.15) is 4.31 Å². The Morgan fingerprint density at radius 1 is 1.16 bits per heavy atom. The van der Waals surface area contributed by atoms with Gasteiger partial charge in [0.25, 0.3) is 5.91 Å². The molecule has 1 N–H and O–H groups in total. The summed E-state index contributed by atoms with van der Waals surface area (Å²) < 4.78 is 39.1. The van der Waals surface area contributed by atoms with Crippen LogP contribution >= 0.6 is 11.6 Å². The second-order valence-corrected chi connectivity index (χ2v) is 10.1. The standard InChI is InChI=1S/C23H25ClN2O5S/c1-3-30-21-10-8-17(32(28,29)26-11-5-4-6-12-26)14-19(21)25-23(27)22-15(2)18-13-16(24)7-9-20(18)31-22/h7-10,13-14H,3-6,11-12H2,1-2H3,(H,25,27). The highest BCUT2D eigenvalue weighted by molar-refractivity contribution is 7.89. The minimum Gasteiger partial charge on any atom is -0.492 e. The van der Waals surface area contributed by atoms with Crippen molar-refractivity contribution in [3.63, 3.8) is 0 Å². The van der Waals surface area contributed by atoms with E-state index < -0.39 is 15.9 Å². The van der Waals surface area contributed by atoms with Crippen LogP contribution in [0.4, 0.5) is 5.69 Å². The van der Waals surface area contributed by atoms with Crippen LogP contribution in [-0.4, -0.2) is 38.3 Å². The normalized spacial score (nSPS) is 15.1. The van der Waals surface area contributed by atoms with Crippen molar-refractivity contribution in [2.75, 3.05) is 25.0 Å². The highest BCUT2D eigenvalue weighted by Gasteiger charge is 2.27. The fraction of sp³-hybridized carbons (Fsp3) is 0.348. The number of rotatable bonds is 6. The molecule has 1 aliphatic rings.